The Balaban J connectivity index is 1.70. The Morgan fingerprint density at radius 1 is 1.48 bits per heavy atom. The van der Waals surface area contributed by atoms with Crippen LogP contribution in [0.3, 0.4) is 0 Å². The van der Waals surface area contributed by atoms with Gasteiger partial charge in [0, 0.05) is 29.8 Å². The van der Waals surface area contributed by atoms with E-state index < -0.39 is 0 Å². The molecule has 1 aliphatic rings. The van der Waals surface area contributed by atoms with Gasteiger partial charge in [0.2, 0.25) is 0 Å². The molecule has 1 N–H and O–H groups in total. The lowest BCUT2D eigenvalue weighted by Gasteiger charge is -2.27. The maximum absolute atomic E-state index is 12.7. The molecule has 1 aromatic carbocycles. The van der Waals surface area contributed by atoms with Gasteiger partial charge in [-0.1, -0.05) is 36.7 Å². The van der Waals surface area contributed by atoms with Crippen molar-refractivity contribution >= 4 is 56.3 Å². The van der Waals surface area contributed by atoms with Crippen LogP contribution in [0, 0.1) is 0 Å². The number of amides is 1. The van der Waals surface area contributed by atoms with Gasteiger partial charge in [-0.15, -0.1) is 11.3 Å². The Bertz CT molecular complexity index is 772. The maximum Gasteiger partial charge on any atom is 0.269 e. The molecule has 1 saturated heterocycles. The molecule has 0 spiro atoms. The first-order valence-corrected chi connectivity index (χ1v) is 10.1. The standard InChI is InChI=1S/C18H21ClN2O2S2/c1-2-9-21(11-12-6-5-10-23-12)18(24)20-17(22)16-15(19)13-7-3-4-8-14(13)25-16/h3-4,7-8,12H,2,5-6,9-11H2,1H3,(H,20,22,24). The van der Waals surface area contributed by atoms with Crippen LogP contribution in [0.5, 0.6) is 0 Å². The molecule has 0 bridgehead atoms. The van der Waals surface area contributed by atoms with E-state index in [1.165, 1.54) is 11.3 Å². The van der Waals surface area contributed by atoms with Crippen molar-refractivity contribution < 1.29 is 9.53 Å². The van der Waals surface area contributed by atoms with Crippen molar-refractivity contribution in [3.05, 3.63) is 34.2 Å². The molecule has 0 aliphatic carbocycles. The highest BCUT2D eigenvalue weighted by Gasteiger charge is 2.23. The number of carbonyl (C=O) groups excluding carboxylic acids is 1. The van der Waals surface area contributed by atoms with E-state index in [-0.39, 0.29) is 12.0 Å². The fourth-order valence-corrected chi connectivity index (χ4v) is 4.64. The van der Waals surface area contributed by atoms with Gasteiger partial charge in [-0.25, -0.2) is 0 Å². The predicted molar refractivity (Wildman–Crippen MR) is 108 cm³/mol. The van der Waals surface area contributed by atoms with Gasteiger partial charge in [0.15, 0.2) is 5.11 Å². The third-order valence-electron chi connectivity index (χ3n) is 4.19. The Hall–Kier alpha value is -1.21. The summed E-state index contributed by atoms with van der Waals surface area (Å²) in [7, 11) is 0. The molecule has 1 fully saturated rings. The van der Waals surface area contributed by atoms with Crippen LogP contribution in [0.25, 0.3) is 10.1 Å². The Labute approximate surface area is 162 Å². The molecule has 0 saturated carbocycles. The third-order valence-corrected chi connectivity index (χ3v) is 6.22. The molecule has 7 heteroatoms. The minimum absolute atomic E-state index is 0.189. The zero-order valence-electron chi connectivity index (χ0n) is 14.1. The summed E-state index contributed by atoms with van der Waals surface area (Å²) in [6.45, 7) is 4.41. The Morgan fingerprint density at radius 2 is 2.28 bits per heavy atom. The minimum Gasteiger partial charge on any atom is -0.376 e. The van der Waals surface area contributed by atoms with Gasteiger partial charge in [-0.05, 0) is 37.5 Å². The van der Waals surface area contributed by atoms with Crippen LogP contribution in [0.2, 0.25) is 5.02 Å². The molecule has 1 aliphatic heterocycles. The van der Waals surface area contributed by atoms with Crippen LogP contribution in [-0.4, -0.2) is 41.7 Å². The van der Waals surface area contributed by atoms with Crippen molar-refractivity contribution in [2.24, 2.45) is 0 Å². The third kappa shape index (κ3) is 4.31. The first-order chi connectivity index (χ1) is 12.1. The second-order valence-electron chi connectivity index (χ2n) is 6.08. The summed E-state index contributed by atoms with van der Waals surface area (Å²) in [4.78, 5) is 15.2. The summed E-state index contributed by atoms with van der Waals surface area (Å²) in [5.74, 6) is -0.246. The quantitative estimate of drug-likeness (QED) is 0.757. The molecule has 2 aromatic rings. The van der Waals surface area contributed by atoms with E-state index in [2.05, 4.69) is 12.2 Å². The summed E-state index contributed by atoms with van der Waals surface area (Å²) in [5.41, 5.74) is 0. The number of benzene rings is 1. The van der Waals surface area contributed by atoms with Gasteiger partial charge >= 0.3 is 0 Å². The molecule has 1 unspecified atom stereocenters. The number of hydrogen-bond acceptors (Lipinski definition) is 4. The van der Waals surface area contributed by atoms with Crippen LogP contribution in [0.4, 0.5) is 0 Å². The largest absolute Gasteiger partial charge is 0.376 e. The average molecular weight is 397 g/mol. The zero-order chi connectivity index (χ0) is 17.8. The summed E-state index contributed by atoms with van der Waals surface area (Å²) in [5, 5.41) is 4.67. The fraction of sp³-hybridized carbons (Fsp3) is 0.444. The number of carbonyl (C=O) groups is 1. The molecule has 25 heavy (non-hydrogen) atoms. The lowest BCUT2D eigenvalue weighted by molar-refractivity contribution is 0.0888. The van der Waals surface area contributed by atoms with Crippen LogP contribution >= 0.6 is 35.2 Å². The van der Waals surface area contributed by atoms with Crippen molar-refractivity contribution in [2.75, 3.05) is 19.7 Å². The van der Waals surface area contributed by atoms with Gasteiger partial charge in [0.25, 0.3) is 5.91 Å². The summed E-state index contributed by atoms with van der Waals surface area (Å²) >= 11 is 13.2. The number of thiophene rings is 1. The van der Waals surface area contributed by atoms with Crippen molar-refractivity contribution in [1.29, 1.82) is 0 Å². The minimum atomic E-state index is -0.246. The second kappa shape index (κ2) is 8.45. The van der Waals surface area contributed by atoms with Crippen molar-refractivity contribution in [1.82, 2.24) is 10.2 Å². The van der Waals surface area contributed by atoms with E-state index in [1.54, 1.807) is 0 Å². The number of ether oxygens (including phenoxy) is 1. The van der Waals surface area contributed by atoms with Gasteiger partial charge in [0.1, 0.15) is 4.88 Å². The number of rotatable bonds is 5. The second-order valence-corrected chi connectivity index (χ2v) is 7.90. The van der Waals surface area contributed by atoms with E-state index in [1.807, 2.05) is 29.2 Å². The molecular formula is C18H21ClN2O2S2. The lowest BCUT2D eigenvalue weighted by Crippen LogP contribution is -2.45. The first kappa shape index (κ1) is 18.6. The topological polar surface area (TPSA) is 41.6 Å². The Kier molecular flexibility index (Phi) is 6.28. The smallest absolute Gasteiger partial charge is 0.269 e. The predicted octanol–water partition coefficient (Wildman–Crippen LogP) is 4.46. The summed E-state index contributed by atoms with van der Waals surface area (Å²) in [6.07, 6.45) is 3.27. The number of nitrogens with zero attached hydrogens (tertiary/aromatic N) is 1. The molecule has 3 rings (SSSR count). The molecule has 1 amide bonds. The van der Waals surface area contributed by atoms with Gasteiger partial charge < -0.3 is 9.64 Å². The van der Waals surface area contributed by atoms with Crippen molar-refractivity contribution in [3.63, 3.8) is 0 Å². The molecule has 4 nitrogen and oxygen atoms in total. The number of thiocarbonyl (C=S) groups is 1. The zero-order valence-corrected chi connectivity index (χ0v) is 16.5. The number of nitrogens with one attached hydrogen (secondary N) is 1. The number of hydrogen-bond donors (Lipinski definition) is 1. The normalized spacial score (nSPS) is 17.0. The maximum atomic E-state index is 12.7. The highest BCUT2D eigenvalue weighted by Crippen LogP contribution is 2.35. The van der Waals surface area contributed by atoms with Gasteiger partial charge in [-0.2, -0.15) is 0 Å². The lowest BCUT2D eigenvalue weighted by atomic mass is 10.2. The molecule has 2 heterocycles. The first-order valence-electron chi connectivity index (χ1n) is 8.49. The molecule has 1 atom stereocenters. The van der Waals surface area contributed by atoms with E-state index in [4.69, 9.17) is 28.6 Å². The molecular weight excluding hydrogens is 376 g/mol. The van der Waals surface area contributed by atoms with Crippen molar-refractivity contribution in [3.8, 4) is 0 Å². The monoisotopic (exact) mass is 396 g/mol. The SMILES string of the molecule is CCCN(CC1CCCO1)C(=S)NC(=O)c1sc2ccccc2c1Cl. The van der Waals surface area contributed by atoms with Crippen LogP contribution in [-0.2, 0) is 4.74 Å². The fourth-order valence-electron chi connectivity index (χ4n) is 2.97. The summed E-state index contributed by atoms with van der Waals surface area (Å²) < 4.78 is 6.69. The van der Waals surface area contributed by atoms with Crippen LogP contribution < -0.4 is 5.32 Å². The van der Waals surface area contributed by atoms with Crippen molar-refractivity contribution in [2.45, 2.75) is 32.3 Å². The Morgan fingerprint density at radius 3 is 2.96 bits per heavy atom. The highest BCUT2D eigenvalue weighted by atomic mass is 35.5. The van der Waals surface area contributed by atoms with E-state index in [9.17, 15) is 4.79 Å². The molecule has 134 valence electrons. The number of fused-ring (bicyclic) bond motifs is 1. The molecule has 0 radical (unpaired) electrons. The highest BCUT2D eigenvalue weighted by molar-refractivity contribution is 7.80. The van der Waals surface area contributed by atoms with Crippen LogP contribution in [0.1, 0.15) is 35.9 Å². The van der Waals surface area contributed by atoms with E-state index >= 15 is 0 Å². The number of halogens is 1. The van der Waals surface area contributed by atoms with Gasteiger partial charge in [0.05, 0.1) is 11.1 Å². The van der Waals surface area contributed by atoms with E-state index in [0.29, 0.717) is 21.6 Å². The average Bonchev–Trinajstić information content (AvgIpc) is 3.23. The molecule has 1 aromatic heterocycles. The van der Waals surface area contributed by atoms with E-state index in [0.717, 1.165) is 42.5 Å². The summed E-state index contributed by atoms with van der Waals surface area (Å²) in [6, 6.07) is 7.73. The van der Waals surface area contributed by atoms with Crippen LogP contribution in [0.15, 0.2) is 24.3 Å². The van der Waals surface area contributed by atoms with Gasteiger partial charge in [-0.3, -0.25) is 10.1 Å².